The summed E-state index contributed by atoms with van der Waals surface area (Å²) in [5.74, 6) is -1.06. The SMILES string of the molecule is CC.COC(=O)C(C)(C(=O)c1cn2c3c(cccc13)CCC2)c1cn(C(=O)OC(C)(C)C)c2ccccc12. The molecule has 1 aliphatic heterocycles. The molecule has 1 unspecified atom stereocenters. The van der Waals surface area contributed by atoms with Gasteiger partial charge in [-0.1, -0.05) is 50.2 Å². The van der Waals surface area contributed by atoms with Gasteiger partial charge in [0.1, 0.15) is 5.60 Å². The number of ether oxygens (including phenoxy) is 2. The number of methoxy groups -OCH3 is 1. The molecule has 200 valence electrons. The molecule has 7 nitrogen and oxygen atoms in total. The summed E-state index contributed by atoms with van der Waals surface area (Å²) in [6.45, 7) is 11.8. The fourth-order valence-electron chi connectivity index (χ4n) is 5.28. The summed E-state index contributed by atoms with van der Waals surface area (Å²) in [4.78, 5) is 40.9. The van der Waals surface area contributed by atoms with E-state index in [0.29, 0.717) is 22.0 Å². The third kappa shape index (κ3) is 4.40. The first kappa shape index (κ1) is 27.2. The fourth-order valence-corrected chi connectivity index (χ4v) is 5.28. The Morgan fingerprint density at radius 3 is 2.26 bits per heavy atom. The number of Topliss-reactive ketones (excluding diaryl/α,β-unsaturated/α-hetero) is 1. The van der Waals surface area contributed by atoms with Crippen LogP contribution in [0.5, 0.6) is 0 Å². The molecule has 5 rings (SSSR count). The Morgan fingerprint density at radius 2 is 1.58 bits per heavy atom. The second-order valence-electron chi connectivity index (χ2n) is 10.5. The highest BCUT2D eigenvalue weighted by Crippen LogP contribution is 2.39. The summed E-state index contributed by atoms with van der Waals surface area (Å²) in [5.41, 5.74) is 1.24. The van der Waals surface area contributed by atoms with Crippen molar-refractivity contribution in [3.8, 4) is 0 Å². The first-order valence-electron chi connectivity index (χ1n) is 13.1. The van der Waals surface area contributed by atoms with E-state index in [2.05, 4.69) is 10.6 Å². The molecule has 1 atom stereocenters. The van der Waals surface area contributed by atoms with E-state index in [-0.39, 0.29) is 5.78 Å². The molecule has 0 saturated carbocycles. The zero-order valence-electron chi connectivity index (χ0n) is 23.3. The van der Waals surface area contributed by atoms with E-state index in [1.165, 1.54) is 23.4 Å². The van der Waals surface area contributed by atoms with Gasteiger partial charge in [0.25, 0.3) is 0 Å². The summed E-state index contributed by atoms with van der Waals surface area (Å²) < 4.78 is 14.3. The van der Waals surface area contributed by atoms with Gasteiger partial charge in [0.2, 0.25) is 0 Å². The average molecular weight is 517 g/mol. The lowest BCUT2D eigenvalue weighted by Crippen LogP contribution is -2.42. The van der Waals surface area contributed by atoms with Crippen LogP contribution >= 0.6 is 0 Å². The molecule has 7 heteroatoms. The van der Waals surface area contributed by atoms with Gasteiger partial charge in [0, 0.05) is 40.8 Å². The number of ketones is 1. The first-order valence-corrected chi connectivity index (χ1v) is 13.1. The maximum absolute atomic E-state index is 14.4. The quantitative estimate of drug-likeness (QED) is 0.172. The molecule has 2 aromatic carbocycles. The molecule has 2 aromatic heterocycles. The summed E-state index contributed by atoms with van der Waals surface area (Å²) in [7, 11) is 1.27. The highest BCUT2D eigenvalue weighted by atomic mass is 16.6. The Bertz CT molecular complexity index is 1540. The van der Waals surface area contributed by atoms with Gasteiger partial charge in [-0.3, -0.25) is 14.2 Å². The van der Waals surface area contributed by atoms with Crippen molar-refractivity contribution in [2.45, 2.75) is 71.9 Å². The Balaban J connectivity index is 0.00000164. The lowest BCUT2D eigenvalue weighted by Gasteiger charge is -2.25. The van der Waals surface area contributed by atoms with Gasteiger partial charge < -0.3 is 14.0 Å². The van der Waals surface area contributed by atoms with Crippen LogP contribution in [0.4, 0.5) is 4.79 Å². The molecule has 0 aliphatic carbocycles. The molecule has 0 bridgehead atoms. The van der Waals surface area contributed by atoms with E-state index >= 15 is 0 Å². The van der Waals surface area contributed by atoms with Crippen LogP contribution in [0.25, 0.3) is 21.8 Å². The van der Waals surface area contributed by atoms with Crippen molar-refractivity contribution < 1.29 is 23.9 Å². The number of hydrogen-bond donors (Lipinski definition) is 0. The Hall–Kier alpha value is -3.87. The number of nitrogens with zero attached hydrogens (tertiary/aromatic N) is 2. The van der Waals surface area contributed by atoms with Crippen molar-refractivity contribution in [3.63, 3.8) is 0 Å². The van der Waals surface area contributed by atoms with E-state index in [4.69, 9.17) is 9.47 Å². The zero-order valence-corrected chi connectivity index (χ0v) is 23.3. The third-order valence-corrected chi connectivity index (χ3v) is 6.96. The van der Waals surface area contributed by atoms with Gasteiger partial charge in [0.15, 0.2) is 11.2 Å². The molecular formula is C31H36N2O5. The van der Waals surface area contributed by atoms with Gasteiger partial charge in [0.05, 0.1) is 18.1 Å². The maximum Gasteiger partial charge on any atom is 0.419 e. The van der Waals surface area contributed by atoms with Crippen LogP contribution in [-0.2, 0) is 32.6 Å². The van der Waals surface area contributed by atoms with Crippen LogP contribution in [0.2, 0.25) is 0 Å². The molecule has 0 fully saturated rings. The van der Waals surface area contributed by atoms with Crippen molar-refractivity contribution in [2.24, 2.45) is 0 Å². The number of carbonyl (C=O) groups is 3. The number of rotatable bonds is 4. The van der Waals surface area contributed by atoms with Crippen molar-refractivity contribution >= 4 is 39.7 Å². The van der Waals surface area contributed by atoms with Gasteiger partial charge in [-0.05, 0) is 52.2 Å². The van der Waals surface area contributed by atoms with Gasteiger partial charge >= 0.3 is 12.1 Å². The van der Waals surface area contributed by atoms with E-state index in [9.17, 15) is 14.4 Å². The number of fused-ring (bicyclic) bond motifs is 1. The Labute approximate surface area is 223 Å². The van der Waals surface area contributed by atoms with Crippen LogP contribution in [0, 0.1) is 0 Å². The number of hydrogen-bond acceptors (Lipinski definition) is 5. The van der Waals surface area contributed by atoms with Gasteiger partial charge in [-0.15, -0.1) is 0 Å². The zero-order chi connectivity index (χ0) is 27.8. The smallest absolute Gasteiger partial charge is 0.419 e. The molecule has 4 aromatic rings. The van der Waals surface area contributed by atoms with Crippen molar-refractivity contribution in [1.29, 1.82) is 0 Å². The van der Waals surface area contributed by atoms with Gasteiger partial charge in [-0.25, -0.2) is 4.79 Å². The van der Waals surface area contributed by atoms with Crippen molar-refractivity contribution in [2.75, 3.05) is 7.11 Å². The molecular weight excluding hydrogens is 480 g/mol. The largest absolute Gasteiger partial charge is 0.468 e. The minimum Gasteiger partial charge on any atom is -0.468 e. The molecule has 0 amide bonds. The molecule has 1 aliphatic rings. The first-order chi connectivity index (χ1) is 18.1. The van der Waals surface area contributed by atoms with Crippen LogP contribution < -0.4 is 0 Å². The molecule has 0 saturated heterocycles. The van der Waals surface area contributed by atoms with E-state index in [1.54, 1.807) is 45.9 Å². The summed E-state index contributed by atoms with van der Waals surface area (Å²) in [5, 5.41) is 1.43. The number of benzene rings is 2. The van der Waals surface area contributed by atoms with Gasteiger partial charge in [-0.2, -0.15) is 0 Å². The monoisotopic (exact) mass is 516 g/mol. The normalized spacial score (nSPS) is 14.4. The molecule has 38 heavy (non-hydrogen) atoms. The topological polar surface area (TPSA) is 79.5 Å². The number of carbonyl (C=O) groups excluding carboxylic acids is 3. The third-order valence-electron chi connectivity index (χ3n) is 6.96. The van der Waals surface area contributed by atoms with E-state index in [1.807, 2.05) is 38.2 Å². The summed E-state index contributed by atoms with van der Waals surface area (Å²) >= 11 is 0. The van der Waals surface area contributed by atoms with Crippen LogP contribution in [0.1, 0.15) is 69.4 Å². The molecule has 0 spiro atoms. The Kier molecular flexibility index (Phi) is 7.24. The number of aryl methyl sites for hydroxylation is 2. The predicted molar refractivity (Wildman–Crippen MR) is 149 cm³/mol. The van der Waals surface area contributed by atoms with Crippen LogP contribution in [0.15, 0.2) is 54.9 Å². The predicted octanol–water partition coefficient (Wildman–Crippen LogP) is 6.67. The number of para-hydroxylation sites is 2. The standard InChI is InChI=1S/C29H30N2O5.C2H6/c1-28(2,3)36-27(34)31-17-22(20-12-6-7-14-23(20)31)29(4,26(33)35-5)25(32)21-16-30-15-9-11-18-10-8-13-19(21)24(18)30;1-2/h6-8,10,12-14,16-17H,9,11,15H2,1-5H3;1-2H3. The fraction of sp³-hybridized carbons (Fsp3) is 0.387. The minimum absolute atomic E-state index is 0.371. The maximum atomic E-state index is 14.4. The number of aromatic nitrogens is 2. The Morgan fingerprint density at radius 1 is 0.895 bits per heavy atom. The van der Waals surface area contributed by atoms with E-state index < -0.39 is 23.1 Å². The lowest BCUT2D eigenvalue weighted by atomic mass is 9.76. The van der Waals surface area contributed by atoms with Crippen LogP contribution in [0.3, 0.4) is 0 Å². The summed E-state index contributed by atoms with van der Waals surface area (Å²) in [6.07, 6.45) is 4.75. The average Bonchev–Trinajstić information content (AvgIpc) is 3.48. The molecule has 0 radical (unpaired) electrons. The highest BCUT2D eigenvalue weighted by molar-refractivity contribution is 6.23. The summed E-state index contributed by atoms with van der Waals surface area (Å²) in [6, 6.07) is 13.1. The van der Waals surface area contributed by atoms with Crippen molar-refractivity contribution in [1.82, 2.24) is 9.13 Å². The number of esters is 1. The second kappa shape index (κ2) is 10.1. The highest BCUT2D eigenvalue weighted by Gasteiger charge is 2.47. The van der Waals surface area contributed by atoms with E-state index in [0.717, 1.165) is 30.3 Å². The molecule has 3 heterocycles. The second-order valence-corrected chi connectivity index (χ2v) is 10.5. The van der Waals surface area contributed by atoms with Crippen LogP contribution in [-0.4, -0.2) is 39.7 Å². The minimum atomic E-state index is -1.69. The van der Waals surface area contributed by atoms with Crippen molar-refractivity contribution in [3.05, 3.63) is 71.5 Å². The lowest BCUT2D eigenvalue weighted by molar-refractivity contribution is -0.144. The molecule has 0 N–H and O–H groups in total.